The van der Waals surface area contributed by atoms with E-state index in [-0.39, 0.29) is 0 Å². The largest absolute Gasteiger partial charge is 0.375 e. The number of rotatable bonds is 6. The Balaban J connectivity index is 3.60. The molecule has 0 aromatic rings. The standard InChI is InChI=1S/C9H15NO/c1-4-6-9(10-3)8-11-7-5-2/h4,6H,1,3,5,7-8H2,2H3/b9-6-. The fourth-order valence-corrected chi connectivity index (χ4v) is 0.604. The highest BCUT2D eigenvalue weighted by Gasteiger charge is 1.90. The molecule has 0 rings (SSSR count). The molecule has 0 fully saturated rings. The van der Waals surface area contributed by atoms with Crippen LogP contribution in [0.5, 0.6) is 0 Å². The molecular formula is C9H15NO. The highest BCUT2D eigenvalue weighted by atomic mass is 16.5. The summed E-state index contributed by atoms with van der Waals surface area (Å²) in [6, 6.07) is 0. The molecule has 11 heavy (non-hydrogen) atoms. The van der Waals surface area contributed by atoms with Crippen LogP contribution in [-0.2, 0) is 4.74 Å². The van der Waals surface area contributed by atoms with Crippen molar-refractivity contribution in [3.05, 3.63) is 24.4 Å². The Morgan fingerprint density at radius 2 is 2.36 bits per heavy atom. The first-order valence-corrected chi connectivity index (χ1v) is 3.71. The third-order valence-corrected chi connectivity index (χ3v) is 1.11. The van der Waals surface area contributed by atoms with Gasteiger partial charge in [0.25, 0.3) is 0 Å². The molecule has 0 radical (unpaired) electrons. The highest BCUT2D eigenvalue weighted by molar-refractivity contribution is 5.30. The van der Waals surface area contributed by atoms with Crippen LogP contribution in [0.1, 0.15) is 13.3 Å². The van der Waals surface area contributed by atoms with E-state index in [1.807, 2.05) is 0 Å². The summed E-state index contributed by atoms with van der Waals surface area (Å²) in [5.41, 5.74) is 0.827. The first-order chi connectivity index (χ1) is 5.35. The molecule has 0 unspecified atom stereocenters. The smallest absolute Gasteiger partial charge is 0.0887 e. The van der Waals surface area contributed by atoms with Crippen LogP contribution in [0.3, 0.4) is 0 Å². The maximum absolute atomic E-state index is 5.24. The number of hydrogen-bond donors (Lipinski definition) is 0. The lowest BCUT2D eigenvalue weighted by Gasteiger charge is -2.00. The maximum Gasteiger partial charge on any atom is 0.0887 e. The Morgan fingerprint density at radius 3 is 2.82 bits per heavy atom. The number of hydrogen-bond acceptors (Lipinski definition) is 2. The Bertz CT molecular complexity index is 150. The molecule has 0 aromatic heterocycles. The molecule has 0 aliphatic rings. The van der Waals surface area contributed by atoms with Gasteiger partial charge in [-0.25, -0.2) is 0 Å². The van der Waals surface area contributed by atoms with Crippen molar-refractivity contribution in [2.45, 2.75) is 13.3 Å². The summed E-state index contributed by atoms with van der Waals surface area (Å²) in [4.78, 5) is 3.76. The van der Waals surface area contributed by atoms with Crippen LogP contribution in [0, 0.1) is 0 Å². The third-order valence-electron chi connectivity index (χ3n) is 1.11. The van der Waals surface area contributed by atoms with Crippen LogP contribution in [0.25, 0.3) is 0 Å². The highest BCUT2D eigenvalue weighted by Crippen LogP contribution is 1.96. The van der Waals surface area contributed by atoms with Gasteiger partial charge in [0, 0.05) is 6.61 Å². The molecule has 2 nitrogen and oxygen atoms in total. The summed E-state index contributed by atoms with van der Waals surface area (Å²) >= 11 is 0. The van der Waals surface area contributed by atoms with Crippen LogP contribution in [0.2, 0.25) is 0 Å². The fourth-order valence-electron chi connectivity index (χ4n) is 0.604. The van der Waals surface area contributed by atoms with Crippen molar-refractivity contribution in [1.82, 2.24) is 0 Å². The van der Waals surface area contributed by atoms with Gasteiger partial charge in [-0.15, -0.1) is 0 Å². The monoisotopic (exact) mass is 153 g/mol. The molecule has 0 saturated heterocycles. The van der Waals surface area contributed by atoms with Crippen molar-refractivity contribution in [2.24, 2.45) is 4.99 Å². The summed E-state index contributed by atoms with van der Waals surface area (Å²) < 4.78 is 5.24. The molecule has 0 atom stereocenters. The van der Waals surface area contributed by atoms with Crippen LogP contribution in [-0.4, -0.2) is 19.9 Å². The number of ether oxygens (including phenoxy) is 1. The zero-order valence-corrected chi connectivity index (χ0v) is 7.05. The predicted octanol–water partition coefficient (Wildman–Crippen LogP) is 2.18. The van der Waals surface area contributed by atoms with Gasteiger partial charge in [0.1, 0.15) is 0 Å². The van der Waals surface area contributed by atoms with Gasteiger partial charge in [-0.3, -0.25) is 4.99 Å². The van der Waals surface area contributed by atoms with Crippen molar-refractivity contribution < 1.29 is 4.74 Å². The Hall–Kier alpha value is -0.890. The summed E-state index contributed by atoms with van der Waals surface area (Å²) in [6.45, 7) is 10.3. The number of nitrogens with zero attached hydrogens (tertiary/aromatic N) is 1. The molecule has 62 valence electrons. The van der Waals surface area contributed by atoms with Gasteiger partial charge >= 0.3 is 0 Å². The van der Waals surface area contributed by atoms with E-state index in [1.54, 1.807) is 12.2 Å². The van der Waals surface area contributed by atoms with Crippen LogP contribution in [0.15, 0.2) is 29.4 Å². The van der Waals surface area contributed by atoms with Crippen molar-refractivity contribution in [2.75, 3.05) is 13.2 Å². The molecule has 0 saturated carbocycles. The van der Waals surface area contributed by atoms with Crippen molar-refractivity contribution in [3.8, 4) is 0 Å². The van der Waals surface area contributed by atoms with Gasteiger partial charge in [0.15, 0.2) is 0 Å². The van der Waals surface area contributed by atoms with E-state index in [1.165, 1.54) is 0 Å². The zero-order valence-electron chi connectivity index (χ0n) is 7.05. The molecule has 0 spiro atoms. The van der Waals surface area contributed by atoms with Crippen LogP contribution in [0.4, 0.5) is 0 Å². The van der Waals surface area contributed by atoms with Gasteiger partial charge in [0.05, 0.1) is 12.3 Å². The van der Waals surface area contributed by atoms with Gasteiger partial charge in [0.2, 0.25) is 0 Å². The first-order valence-electron chi connectivity index (χ1n) is 3.71. The average Bonchev–Trinajstić information content (AvgIpc) is 2.03. The second-order valence-corrected chi connectivity index (χ2v) is 2.10. The van der Waals surface area contributed by atoms with E-state index in [0.717, 1.165) is 18.7 Å². The molecule has 0 bridgehead atoms. The Kier molecular flexibility index (Phi) is 6.64. The normalized spacial score (nSPS) is 11.2. The second-order valence-electron chi connectivity index (χ2n) is 2.10. The summed E-state index contributed by atoms with van der Waals surface area (Å²) in [5.74, 6) is 0. The second kappa shape index (κ2) is 7.22. The third kappa shape index (κ3) is 5.55. The zero-order chi connectivity index (χ0) is 8.53. The Morgan fingerprint density at radius 1 is 1.64 bits per heavy atom. The van der Waals surface area contributed by atoms with Gasteiger partial charge in [-0.1, -0.05) is 19.6 Å². The van der Waals surface area contributed by atoms with Gasteiger partial charge in [-0.2, -0.15) is 0 Å². The summed E-state index contributed by atoms with van der Waals surface area (Å²) in [7, 11) is 0. The summed E-state index contributed by atoms with van der Waals surface area (Å²) in [5, 5.41) is 0. The minimum Gasteiger partial charge on any atom is -0.375 e. The molecule has 0 amide bonds. The number of allylic oxidation sites excluding steroid dienone is 2. The van der Waals surface area contributed by atoms with E-state index >= 15 is 0 Å². The minimum absolute atomic E-state index is 0.531. The SMILES string of the molecule is C=C/C=C(/COCCC)N=C. The van der Waals surface area contributed by atoms with Crippen molar-refractivity contribution in [3.63, 3.8) is 0 Å². The first kappa shape index (κ1) is 10.1. The topological polar surface area (TPSA) is 21.6 Å². The molecule has 2 heteroatoms. The predicted molar refractivity (Wildman–Crippen MR) is 48.9 cm³/mol. The van der Waals surface area contributed by atoms with Crippen molar-refractivity contribution >= 4 is 6.72 Å². The fraction of sp³-hybridized carbons (Fsp3) is 0.444. The summed E-state index contributed by atoms with van der Waals surface area (Å²) in [6.07, 6.45) is 4.50. The average molecular weight is 153 g/mol. The molecule has 0 aliphatic carbocycles. The Labute approximate surface area is 68.3 Å². The van der Waals surface area contributed by atoms with E-state index < -0.39 is 0 Å². The van der Waals surface area contributed by atoms with Gasteiger partial charge < -0.3 is 4.74 Å². The lowest BCUT2D eigenvalue weighted by molar-refractivity contribution is 0.156. The van der Waals surface area contributed by atoms with E-state index in [9.17, 15) is 0 Å². The molecule has 0 heterocycles. The molecule has 0 aromatic carbocycles. The van der Waals surface area contributed by atoms with Crippen LogP contribution < -0.4 is 0 Å². The van der Waals surface area contributed by atoms with Gasteiger partial charge in [-0.05, 0) is 19.2 Å². The van der Waals surface area contributed by atoms with E-state index in [2.05, 4.69) is 25.2 Å². The molecular weight excluding hydrogens is 138 g/mol. The quantitative estimate of drug-likeness (QED) is 0.325. The number of aliphatic imine (C=N–C) groups is 1. The maximum atomic E-state index is 5.24. The lowest BCUT2D eigenvalue weighted by atomic mass is 10.4. The molecule has 0 aliphatic heterocycles. The molecule has 0 N–H and O–H groups in total. The van der Waals surface area contributed by atoms with E-state index in [0.29, 0.717) is 6.61 Å². The van der Waals surface area contributed by atoms with Crippen LogP contribution >= 0.6 is 0 Å². The lowest BCUT2D eigenvalue weighted by Crippen LogP contribution is -1.96. The van der Waals surface area contributed by atoms with Crippen molar-refractivity contribution in [1.29, 1.82) is 0 Å². The minimum atomic E-state index is 0.531. The van der Waals surface area contributed by atoms with E-state index in [4.69, 9.17) is 4.74 Å².